The van der Waals surface area contributed by atoms with Gasteiger partial charge in [-0.3, -0.25) is 10.1 Å². The summed E-state index contributed by atoms with van der Waals surface area (Å²) in [6.45, 7) is 5.36. The maximum Gasteiger partial charge on any atom is 0.412 e. The van der Waals surface area contributed by atoms with Crippen LogP contribution in [0.15, 0.2) is 53.6 Å². The molecule has 2 aromatic rings. The molecule has 0 spiro atoms. The molecule has 0 heterocycles. The van der Waals surface area contributed by atoms with E-state index < -0.39 is 17.6 Å². The summed E-state index contributed by atoms with van der Waals surface area (Å²) in [4.78, 5) is 23.6. The van der Waals surface area contributed by atoms with Gasteiger partial charge in [0.1, 0.15) is 11.4 Å². The van der Waals surface area contributed by atoms with Crippen LogP contribution in [0.5, 0.6) is 5.75 Å². The fraction of sp³-hybridized carbons (Fsp3) is 0.211. The molecule has 0 radical (unpaired) electrons. The van der Waals surface area contributed by atoms with Crippen molar-refractivity contribution < 1.29 is 19.4 Å². The Labute approximate surface area is 151 Å². The van der Waals surface area contributed by atoms with Crippen molar-refractivity contribution in [3.8, 4) is 5.75 Å². The highest BCUT2D eigenvalue weighted by molar-refractivity contribution is 5.97. The van der Waals surface area contributed by atoms with Crippen LogP contribution in [-0.2, 0) is 4.74 Å². The monoisotopic (exact) mass is 355 g/mol. The number of ether oxygens (including phenoxy) is 1. The van der Waals surface area contributed by atoms with Gasteiger partial charge in [-0.2, -0.15) is 5.10 Å². The van der Waals surface area contributed by atoms with E-state index in [0.717, 1.165) is 5.56 Å². The third kappa shape index (κ3) is 5.94. The number of aromatic hydroxyl groups is 1. The van der Waals surface area contributed by atoms with Crippen molar-refractivity contribution in [1.82, 2.24) is 5.43 Å². The standard InChI is InChI=1S/C19H21N3O4/c1-19(2,3)26-18(25)21-14-10-8-13(9-11-14)12-20-22-17(24)15-6-4-5-7-16(15)23/h4-12,23H,1-3H3,(H,21,25)(H,22,24)/b20-12+. The van der Waals surface area contributed by atoms with Crippen molar-refractivity contribution in [2.24, 2.45) is 5.10 Å². The topological polar surface area (TPSA) is 100 Å². The summed E-state index contributed by atoms with van der Waals surface area (Å²) < 4.78 is 5.17. The van der Waals surface area contributed by atoms with E-state index in [0.29, 0.717) is 5.69 Å². The summed E-state index contributed by atoms with van der Waals surface area (Å²) in [6.07, 6.45) is 0.920. The van der Waals surface area contributed by atoms with Crippen LogP contribution in [0.4, 0.5) is 10.5 Å². The van der Waals surface area contributed by atoms with Crippen LogP contribution in [0, 0.1) is 0 Å². The van der Waals surface area contributed by atoms with Gasteiger partial charge in [0.05, 0.1) is 11.8 Å². The van der Waals surface area contributed by atoms with Gasteiger partial charge in [0.25, 0.3) is 5.91 Å². The highest BCUT2D eigenvalue weighted by Gasteiger charge is 2.16. The van der Waals surface area contributed by atoms with E-state index >= 15 is 0 Å². The Balaban J connectivity index is 1.90. The number of anilines is 1. The van der Waals surface area contributed by atoms with Gasteiger partial charge in [0, 0.05) is 5.69 Å². The van der Waals surface area contributed by atoms with Gasteiger partial charge in [0.15, 0.2) is 0 Å². The van der Waals surface area contributed by atoms with Crippen molar-refractivity contribution in [3.05, 3.63) is 59.7 Å². The molecule has 0 unspecified atom stereocenters. The average molecular weight is 355 g/mol. The van der Waals surface area contributed by atoms with Crippen LogP contribution in [-0.4, -0.2) is 28.9 Å². The average Bonchev–Trinajstić information content (AvgIpc) is 2.55. The summed E-state index contributed by atoms with van der Waals surface area (Å²) >= 11 is 0. The summed E-state index contributed by atoms with van der Waals surface area (Å²) in [6, 6.07) is 13.0. The first-order valence-corrected chi connectivity index (χ1v) is 7.96. The number of benzene rings is 2. The van der Waals surface area contributed by atoms with Crippen molar-refractivity contribution >= 4 is 23.9 Å². The number of phenolic OH excluding ortho intramolecular Hbond substituents is 1. The summed E-state index contributed by atoms with van der Waals surface area (Å²) in [7, 11) is 0. The third-order valence-corrected chi connectivity index (χ3v) is 3.08. The van der Waals surface area contributed by atoms with Crippen molar-refractivity contribution in [2.45, 2.75) is 26.4 Å². The van der Waals surface area contributed by atoms with Crippen LogP contribution < -0.4 is 10.7 Å². The molecule has 7 heteroatoms. The molecular formula is C19H21N3O4. The van der Waals surface area contributed by atoms with Gasteiger partial charge in [-0.25, -0.2) is 10.2 Å². The Kier molecular flexibility index (Phi) is 5.95. The Morgan fingerprint density at radius 3 is 2.35 bits per heavy atom. The predicted molar refractivity (Wildman–Crippen MR) is 99.5 cm³/mol. The summed E-state index contributed by atoms with van der Waals surface area (Å²) in [5.41, 5.74) is 3.21. The second-order valence-corrected chi connectivity index (χ2v) is 6.47. The molecule has 2 aromatic carbocycles. The Morgan fingerprint density at radius 1 is 1.08 bits per heavy atom. The highest BCUT2D eigenvalue weighted by Crippen LogP contribution is 2.15. The number of nitrogens with one attached hydrogen (secondary N) is 2. The lowest BCUT2D eigenvalue weighted by Crippen LogP contribution is -2.27. The van der Waals surface area contributed by atoms with E-state index in [1.807, 2.05) is 0 Å². The molecule has 0 aliphatic carbocycles. The SMILES string of the molecule is CC(C)(C)OC(=O)Nc1ccc(/C=N/NC(=O)c2ccccc2O)cc1. The second kappa shape index (κ2) is 8.15. The Hall–Kier alpha value is -3.35. The molecule has 2 rings (SSSR count). The van der Waals surface area contributed by atoms with Crippen LogP contribution in [0.25, 0.3) is 0 Å². The normalized spacial score (nSPS) is 11.2. The van der Waals surface area contributed by atoms with Gasteiger partial charge < -0.3 is 9.84 Å². The molecule has 26 heavy (non-hydrogen) atoms. The van der Waals surface area contributed by atoms with E-state index in [9.17, 15) is 14.7 Å². The predicted octanol–water partition coefficient (Wildman–Crippen LogP) is 3.50. The molecular weight excluding hydrogens is 334 g/mol. The number of hydrogen-bond acceptors (Lipinski definition) is 5. The number of hydrazone groups is 1. The minimum atomic E-state index is -0.567. The maximum absolute atomic E-state index is 11.9. The minimum Gasteiger partial charge on any atom is -0.507 e. The number of amides is 2. The third-order valence-electron chi connectivity index (χ3n) is 3.08. The Bertz CT molecular complexity index is 808. The molecule has 2 amide bonds. The maximum atomic E-state index is 11.9. The first-order valence-electron chi connectivity index (χ1n) is 7.96. The lowest BCUT2D eigenvalue weighted by atomic mass is 10.2. The van der Waals surface area contributed by atoms with Gasteiger partial charge in [-0.1, -0.05) is 24.3 Å². The van der Waals surface area contributed by atoms with Crippen molar-refractivity contribution in [1.29, 1.82) is 0 Å². The fourth-order valence-electron chi connectivity index (χ4n) is 1.97. The van der Waals surface area contributed by atoms with Gasteiger partial charge in [0.2, 0.25) is 0 Å². The second-order valence-electron chi connectivity index (χ2n) is 6.47. The molecule has 7 nitrogen and oxygen atoms in total. The zero-order valence-electron chi connectivity index (χ0n) is 14.8. The minimum absolute atomic E-state index is 0.113. The van der Waals surface area contributed by atoms with E-state index in [-0.39, 0.29) is 11.3 Å². The lowest BCUT2D eigenvalue weighted by Gasteiger charge is -2.19. The smallest absolute Gasteiger partial charge is 0.412 e. The van der Waals surface area contributed by atoms with Crippen LogP contribution in [0.3, 0.4) is 0 Å². The van der Waals surface area contributed by atoms with Gasteiger partial charge in [-0.15, -0.1) is 0 Å². The number of rotatable bonds is 4. The van der Waals surface area contributed by atoms with E-state index in [1.165, 1.54) is 18.3 Å². The van der Waals surface area contributed by atoms with E-state index in [4.69, 9.17) is 4.74 Å². The molecule has 0 saturated carbocycles. The molecule has 0 aliphatic rings. The first kappa shape index (κ1) is 19.0. The van der Waals surface area contributed by atoms with Crippen molar-refractivity contribution in [3.63, 3.8) is 0 Å². The quantitative estimate of drug-likeness (QED) is 0.577. The number of para-hydroxylation sites is 1. The van der Waals surface area contributed by atoms with Crippen LogP contribution in [0.1, 0.15) is 36.7 Å². The molecule has 0 aromatic heterocycles. The van der Waals surface area contributed by atoms with E-state index in [1.54, 1.807) is 57.2 Å². The molecule has 0 saturated heterocycles. The first-order chi connectivity index (χ1) is 12.2. The molecule has 0 aliphatic heterocycles. The lowest BCUT2D eigenvalue weighted by molar-refractivity contribution is 0.0635. The number of phenols is 1. The Morgan fingerprint density at radius 2 is 1.73 bits per heavy atom. The largest absolute Gasteiger partial charge is 0.507 e. The fourth-order valence-corrected chi connectivity index (χ4v) is 1.97. The van der Waals surface area contributed by atoms with E-state index in [2.05, 4.69) is 15.8 Å². The number of carbonyl (C=O) groups is 2. The zero-order valence-corrected chi connectivity index (χ0v) is 14.8. The summed E-state index contributed by atoms with van der Waals surface area (Å²) in [5.74, 6) is -0.625. The molecule has 0 bridgehead atoms. The zero-order chi connectivity index (χ0) is 19.2. The number of nitrogens with zero attached hydrogens (tertiary/aromatic N) is 1. The molecule has 0 fully saturated rings. The number of carbonyl (C=O) groups excluding carboxylic acids is 2. The summed E-state index contributed by atoms with van der Waals surface area (Å²) in [5, 5.41) is 16.1. The van der Waals surface area contributed by atoms with Gasteiger partial charge >= 0.3 is 6.09 Å². The molecule has 136 valence electrons. The van der Waals surface area contributed by atoms with Gasteiger partial charge in [-0.05, 0) is 50.6 Å². The highest BCUT2D eigenvalue weighted by atomic mass is 16.6. The molecule has 3 N–H and O–H groups in total. The van der Waals surface area contributed by atoms with Crippen LogP contribution in [0.2, 0.25) is 0 Å². The molecule has 0 atom stereocenters. The van der Waals surface area contributed by atoms with Crippen molar-refractivity contribution in [2.75, 3.05) is 5.32 Å². The van der Waals surface area contributed by atoms with Crippen LogP contribution >= 0.6 is 0 Å². The number of hydrogen-bond donors (Lipinski definition) is 3.